The summed E-state index contributed by atoms with van der Waals surface area (Å²) in [5.74, 6) is 3.12. The van der Waals surface area contributed by atoms with Gasteiger partial charge in [-0.25, -0.2) is 4.98 Å². The number of aromatic nitrogens is 12. The lowest BCUT2D eigenvalue weighted by molar-refractivity contribution is -0.129. The van der Waals surface area contributed by atoms with E-state index >= 15 is 0 Å². The number of halogens is 3. The molecule has 0 radical (unpaired) electrons. The number of piperidine rings is 4. The summed E-state index contributed by atoms with van der Waals surface area (Å²) in [6.45, 7) is 20.2. The van der Waals surface area contributed by atoms with Gasteiger partial charge in [0, 0.05) is 214 Å². The van der Waals surface area contributed by atoms with Crippen LogP contribution < -0.4 is 79.3 Å². The summed E-state index contributed by atoms with van der Waals surface area (Å²) in [5, 5.41) is 17.7. The fourth-order valence-corrected chi connectivity index (χ4v) is 16.2. The molecule has 18 N–H and O–H groups in total. The topological polar surface area (TPSA) is 473 Å². The highest BCUT2D eigenvalue weighted by Crippen LogP contribution is 2.35. The van der Waals surface area contributed by atoms with Gasteiger partial charge in [0.05, 0.1) is 21.5 Å². The number of nitrogens with one attached hydrogen (secondary N) is 8. The molecule has 0 aliphatic carbocycles. The van der Waals surface area contributed by atoms with Gasteiger partial charge in [-0.3, -0.25) is 28.8 Å². The smallest absolute Gasteiger partial charge is 0.231 e. The van der Waals surface area contributed by atoms with Crippen molar-refractivity contribution in [3.8, 4) is 0 Å². The van der Waals surface area contributed by atoms with E-state index in [1.807, 2.05) is 83.0 Å². The first kappa shape index (κ1) is 85.8. The normalized spacial score (nSPS) is 17.0. The van der Waals surface area contributed by atoms with E-state index in [1.165, 1.54) is 11.4 Å². The summed E-state index contributed by atoms with van der Waals surface area (Å²) in [5.41, 5.74) is 36.2. The maximum absolute atomic E-state index is 11.6. The summed E-state index contributed by atoms with van der Waals surface area (Å²) >= 11 is 17.2. The number of piperazine rings is 3. The number of benzene rings is 3. The molecular weight excluding hydrogens is 1590 g/mol. The maximum atomic E-state index is 11.6. The summed E-state index contributed by atoms with van der Waals surface area (Å²) in [6, 6.07) is 32.2. The van der Waals surface area contributed by atoms with Gasteiger partial charge in [0.2, 0.25) is 57.9 Å². The number of hydrogen-bond acceptors (Lipinski definition) is 25. The Hall–Kier alpha value is -12.1. The lowest BCUT2D eigenvalue weighted by Crippen LogP contribution is -2.48. The Morgan fingerprint density at radius 2 is 0.650 bits per heavy atom. The van der Waals surface area contributed by atoms with Gasteiger partial charge in [-0.1, -0.05) is 11.6 Å². The summed E-state index contributed by atoms with van der Waals surface area (Å²) < 4.78 is 0. The molecule has 3 aromatic carbocycles. The van der Waals surface area contributed by atoms with Gasteiger partial charge in [0.15, 0.2) is 0 Å². The van der Waals surface area contributed by atoms with Gasteiger partial charge in [0.25, 0.3) is 0 Å². The SMILES string of the molecule is CC(=O)N1CCN(c2ccc(N)cc2)CC1.CC(=O)N1CCN(c2ccc(Nc3nc(N4CCC(C(N)=O)CC4)c4cc[nH]c4n3)cc2)CC1.Clc1nc(Cl)c2cc[nH]c2n1.NC(=O)C1CCN(c2nc(Cl)nc3[nH]ccc23)CC1.NC(=O)C1CCN(c2nc(Nc3ccc(N4CCNCC4)cc3)nc3[nH]ccc23)CC1.NC(=O)C1CCNCC1. The molecule has 38 heteroatoms. The van der Waals surface area contributed by atoms with Crippen LogP contribution in [0.5, 0.6) is 0 Å². The third-order valence-electron chi connectivity index (χ3n) is 22.6. The highest BCUT2D eigenvalue weighted by Gasteiger charge is 2.30. The van der Waals surface area contributed by atoms with Crippen LogP contribution in [0.4, 0.5) is 63.5 Å². The largest absolute Gasteiger partial charge is 0.399 e. The minimum Gasteiger partial charge on any atom is -0.399 e. The standard InChI is InChI=1S/C24H30N8O2.C22H28N8O.C12H14ClN5O.C12H17N3O.C6H3Cl2N3.C6H12N2O/c1-16(33)30-12-14-31(15-13-30)19-4-2-18(3-5-19)27-24-28-22-20(6-9-26-22)23(29-24)32-10-7-17(8-11-32)21(25)34;23-19(31)15-6-11-30(12-7-15)21-18-5-8-25-20(18)27-22(28-21)26-16-1-3-17(4-2-16)29-13-9-24-10-14-29;13-12-16-10-8(1-4-15-10)11(17-12)18-5-2-7(3-6-18)9(14)19;1-10(16)14-6-8-15(9-7-14)12-4-2-11(13)3-5-12;7-4-3-1-2-9-5(3)11-6(8)10-4;7-6(9)5-1-3-8-4-2-5/h2-6,9,17H,7-8,10-15H2,1H3,(H2,25,34)(H2,26,27,28,29);1-5,8,15,24H,6-7,9-14H2,(H2,23,31)(H2,25,26,27,28);1,4,7H,2-3,5-6H2,(H2,14,19)(H,15,16,17);2-5H,6-9,13H2,1H3;1-2H,(H,9,10,11);5,8H,1-4H2,(H2,7,9). The molecule has 0 bridgehead atoms. The molecule has 120 heavy (non-hydrogen) atoms. The zero-order valence-corrected chi connectivity index (χ0v) is 69.5. The number of amides is 6. The number of primary amides is 4. The fourth-order valence-electron chi connectivity index (χ4n) is 15.6. The summed E-state index contributed by atoms with van der Waals surface area (Å²) in [7, 11) is 0. The molecule has 7 saturated heterocycles. The van der Waals surface area contributed by atoms with Crippen LogP contribution in [0.15, 0.2) is 122 Å². The van der Waals surface area contributed by atoms with Crippen molar-refractivity contribution in [3.63, 3.8) is 0 Å². The van der Waals surface area contributed by atoms with Gasteiger partial charge in [-0.05, 0) is 185 Å². The van der Waals surface area contributed by atoms with Crippen molar-refractivity contribution in [2.24, 2.45) is 46.6 Å². The highest BCUT2D eigenvalue weighted by atomic mass is 35.5. The lowest BCUT2D eigenvalue weighted by Gasteiger charge is -2.35. The van der Waals surface area contributed by atoms with Crippen molar-refractivity contribution in [1.82, 2.24) is 80.2 Å². The number of H-pyrrole nitrogens is 4. The Bertz CT molecular complexity index is 5270. The number of hydrogen-bond donors (Lipinski definition) is 13. The van der Waals surface area contributed by atoms with Crippen molar-refractivity contribution < 1.29 is 28.8 Å². The average Bonchev–Trinajstić information content (AvgIpc) is 1.56. The zero-order chi connectivity index (χ0) is 84.3. The van der Waals surface area contributed by atoms with E-state index in [0.717, 1.165) is 261 Å². The van der Waals surface area contributed by atoms with Crippen molar-refractivity contribution >= 4 is 178 Å². The Morgan fingerprint density at radius 3 is 1.01 bits per heavy atom. The van der Waals surface area contributed by atoms with Gasteiger partial charge in [-0.2, -0.15) is 34.9 Å². The summed E-state index contributed by atoms with van der Waals surface area (Å²) in [6.07, 6.45) is 13.6. The molecule has 35 nitrogen and oxygen atoms in total. The molecule has 6 amide bonds. The molecule has 7 aliphatic heterocycles. The molecule has 8 aromatic heterocycles. The molecule has 11 aromatic rings. The molecular formula is C82H104Cl3N29O6. The lowest BCUT2D eigenvalue weighted by atomic mass is 9.96. The Morgan fingerprint density at radius 1 is 0.342 bits per heavy atom. The van der Waals surface area contributed by atoms with Crippen LogP contribution in [0.25, 0.3) is 44.1 Å². The first-order chi connectivity index (χ1) is 58.0. The van der Waals surface area contributed by atoms with Crippen LogP contribution in [0.1, 0.15) is 65.2 Å². The van der Waals surface area contributed by atoms with Crippen LogP contribution >= 0.6 is 34.8 Å². The van der Waals surface area contributed by atoms with E-state index in [-0.39, 0.29) is 69.7 Å². The second-order valence-electron chi connectivity index (χ2n) is 30.4. The van der Waals surface area contributed by atoms with Crippen LogP contribution in [0.2, 0.25) is 15.7 Å². The number of nitrogens with two attached hydrogens (primary N) is 5. The van der Waals surface area contributed by atoms with Crippen molar-refractivity contribution in [2.75, 3.05) is 177 Å². The van der Waals surface area contributed by atoms with Crippen LogP contribution in [0, 0.1) is 23.7 Å². The van der Waals surface area contributed by atoms with Crippen molar-refractivity contribution in [3.05, 3.63) is 138 Å². The van der Waals surface area contributed by atoms with Gasteiger partial charge >= 0.3 is 0 Å². The van der Waals surface area contributed by atoms with E-state index in [4.69, 9.17) is 73.4 Å². The van der Waals surface area contributed by atoms with Gasteiger partial charge in [-0.15, -0.1) is 0 Å². The van der Waals surface area contributed by atoms with E-state index in [2.05, 4.69) is 137 Å². The van der Waals surface area contributed by atoms with E-state index in [1.54, 1.807) is 26.1 Å². The number of aromatic amines is 4. The first-order valence-corrected chi connectivity index (χ1v) is 41.7. The van der Waals surface area contributed by atoms with Crippen LogP contribution in [0.3, 0.4) is 0 Å². The third-order valence-corrected chi connectivity index (χ3v) is 23.3. The number of anilines is 11. The van der Waals surface area contributed by atoms with E-state index < -0.39 is 0 Å². The Labute approximate surface area is 709 Å². The molecule has 15 heterocycles. The van der Waals surface area contributed by atoms with E-state index in [0.29, 0.717) is 22.7 Å². The highest BCUT2D eigenvalue weighted by molar-refractivity contribution is 6.35. The monoisotopic (exact) mass is 1700 g/mol. The minimum absolute atomic E-state index is 0.0322. The number of rotatable bonds is 14. The number of fused-ring (bicyclic) bond motifs is 4. The predicted molar refractivity (Wildman–Crippen MR) is 472 cm³/mol. The molecule has 18 rings (SSSR count). The second-order valence-corrected chi connectivity index (χ2v) is 31.4. The molecule has 7 fully saturated rings. The average molecular weight is 1700 g/mol. The fraction of sp³-hybridized carbons (Fsp3) is 0.415. The van der Waals surface area contributed by atoms with Gasteiger partial charge < -0.3 is 109 Å². The zero-order valence-electron chi connectivity index (χ0n) is 67.3. The van der Waals surface area contributed by atoms with Gasteiger partial charge in [0.1, 0.15) is 45.2 Å². The maximum Gasteiger partial charge on any atom is 0.231 e. The van der Waals surface area contributed by atoms with Crippen molar-refractivity contribution in [2.45, 2.75) is 65.2 Å². The molecule has 634 valence electrons. The summed E-state index contributed by atoms with van der Waals surface area (Å²) in [4.78, 5) is 132. The van der Waals surface area contributed by atoms with Crippen molar-refractivity contribution in [1.29, 1.82) is 0 Å². The number of nitrogens with zero attached hydrogens (tertiary/aromatic N) is 16. The first-order valence-electron chi connectivity index (χ1n) is 40.6. The van der Waals surface area contributed by atoms with Crippen LogP contribution in [-0.2, 0) is 28.8 Å². The molecule has 0 saturated carbocycles. The minimum atomic E-state index is -0.222. The predicted octanol–water partition coefficient (Wildman–Crippen LogP) is 7.87. The Balaban J connectivity index is 0.000000132. The Kier molecular flexibility index (Phi) is 29.0. The molecule has 7 aliphatic rings. The second kappa shape index (κ2) is 40.6. The third kappa shape index (κ3) is 22.5. The van der Waals surface area contributed by atoms with Crippen LogP contribution in [-0.4, -0.2) is 236 Å². The number of carbonyl (C=O) groups excluding carboxylic acids is 6. The number of nitrogen functional groups attached to an aromatic ring is 1. The van der Waals surface area contributed by atoms with E-state index in [9.17, 15) is 28.8 Å². The molecule has 0 unspecified atom stereocenters. The molecule has 0 atom stereocenters. The number of carbonyl (C=O) groups is 6. The quantitative estimate of drug-likeness (QED) is 0.0280. The molecule has 0 spiro atoms.